The lowest BCUT2D eigenvalue weighted by atomic mass is 9.73. The second-order valence-electron chi connectivity index (χ2n) is 6.80. The maximum Gasteiger partial charge on any atom is 0.176 e. The van der Waals surface area contributed by atoms with Gasteiger partial charge >= 0.3 is 0 Å². The van der Waals surface area contributed by atoms with Gasteiger partial charge in [0.25, 0.3) is 0 Å². The maximum atomic E-state index is 6.26. The van der Waals surface area contributed by atoms with Gasteiger partial charge in [-0.25, -0.2) is 4.98 Å². The molecule has 0 saturated heterocycles. The van der Waals surface area contributed by atoms with E-state index in [0.29, 0.717) is 11.4 Å². The fourth-order valence-corrected chi connectivity index (χ4v) is 3.75. The molecule has 0 spiro atoms. The Hall–Kier alpha value is -3.41. The molecule has 4 aromatic heterocycles. The number of aromatic amines is 1. The lowest BCUT2D eigenvalue weighted by molar-refractivity contribution is 0.427. The van der Waals surface area contributed by atoms with Crippen LogP contribution < -0.4 is 5.73 Å². The Balaban J connectivity index is 1.75. The first-order valence-electron chi connectivity index (χ1n) is 8.45. The number of fused-ring (bicyclic) bond motifs is 2. The molecule has 0 aromatic carbocycles. The van der Waals surface area contributed by atoms with Crippen LogP contribution in [0, 0.1) is 0 Å². The summed E-state index contributed by atoms with van der Waals surface area (Å²) < 4.78 is 6.26. The van der Waals surface area contributed by atoms with E-state index in [0.717, 1.165) is 34.3 Å². The summed E-state index contributed by atoms with van der Waals surface area (Å²) in [7, 11) is 0. The van der Waals surface area contributed by atoms with E-state index >= 15 is 0 Å². The summed E-state index contributed by atoms with van der Waals surface area (Å²) in [6.07, 6.45) is 14.2. The molecule has 0 bridgehead atoms. The Labute approximate surface area is 149 Å². The lowest BCUT2D eigenvalue weighted by Gasteiger charge is -2.31. The fraction of sp³-hybridized carbons (Fsp3) is 0.150. The van der Waals surface area contributed by atoms with E-state index in [1.807, 2.05) is 18.6 Å². The number of nitrogens with one attached hydrogen (secondary N) is 1. The number of nitrogens with zero attached hydrogens (tertiary/aromatic N) is 3. The average Bonchev–Trinajstić information content (AvgIpc) is 3.33. The highest BCUT2D eigenvalue weighted by atomic mass is 16.3. The minimum atomic E-state index is -0.286. The Kier molecular flexibility index (Phi) is 3.03. The summed E-state index contributed by atoms with van der Waals surface area (Å²) in [5.74, 6) is 1.26. The molecule has 4 aromatic rings. The summed E-state index contributed by atoms with van der Waals surface area (Å²) in [5.41, 5.74) is 10.6. The standard InChI is InChI=1S/C20H17N5O/c1-20(5-2-3-12-8-22-6-4-16(12)20)17-7-14-15(13-9-24-25-10-13)11-23-19(21)18(14)26-17/h2-4,6-11H,5H2,1H3,(H2,21,23)(H,24,25). The normalized spacial score (nSPS) is 19.0. The molecule has 6 nitrogen and oxygen atoms in total. The summed E-state index contributed by atoms with van der Waals surface area (Å²) >= 11 is 0. The van der Waals surface area contributed by atoms with Crippen LogP contribution in [0.5, 0.6) is 0 Å². The number of H-pyrrole nitrogens is 1. The first-order valence-corrected chi connectivity index (χ1v) is 8.45. The number of allylic oxidation sites excluding steroid dienone is 1. The fourth-order valence-electron chi connectivity index (χ4n) is 3.75. The first kappa shape index (κ1) is 14.9. The van der Waals surface area contributed by atoms with E-state index in [2.05, 4.69) is 51.4 Å². The van der Waals surface area contributed by atoms with Gasteiger partial charge in [-0.2, -0.15) is 5.10 Å². The number of furan rings is 1. The smallest absolute Gasteiger partial charge is 0.176 e. The van der Waals surface area contributed by atoms with Gasteiger partial charge in [-0.05, 0) is 36.6 Å². The zero-order chi connectivity index (χ0) is 17.7. The van der Waals surface area contributed by atoms with Crippen LogP contribution in [0.1, 0.15) is 30.2 Å². The number of hydrogen-bond donors (Lipinski definition) is 2. The van der Waals surface area contributed by atoms with Crippen LogP contribution in [0.2, 0.25) is 0 Å². The second-order valence-corrected chi connectivity index (χ2v) is 6.80. The summed E-state index contributed by atoms with van der Waals surface area (Å²) in [4.78, 5) is 8.55. The Morgan fingerprint density at radius 2 is 2.19 bits per heavy atom. The van der Waals surface area contributed by atoms with Gasteiger partial charge < -0.3 is 10.2 Å². The van der Waals surface area contributed by atoms with Crippen LogP contribution in [-0.4, -0.2) is 20.2 Å². The van der Waals surface area contributed by atoms with Gasteiger partial charge in [-0.15, -0.1) is 0 Å². The molecule has 0 saturated carbocycles. The van der Waals surface area contributed by atoms with Crippen LogP contribution in [0.15, 0.2) is 53.6 Å². The largest absolute Gasteiger partial charge is 0.456 e. The third kappa shape index (κ3) is 2.02. The number of anilines is 1. The van der Waals surface area contributed by atoms with Crippen molar-refractivity contribution in [3.8, 4) is 11.1 Å². The number of nitrogens with two attached hydrogens (primary N) is 1. The topological polar surface area (TPSA) is 93.6 Å². The molecule has 0 fully saturated rings. The van der Waals surface area contributed by atoms with Gasteiger partial charge in [0.05, 0.1) is 11.6 Å². The predicted octanol–water partition coefficient (Wildman–Crippen LogP) is 3.92. The van der Waals surface area contributed by atoms with Gasteiger partial charge in [-0.1, -0.05) is 12.2 Å². The van der Waals surface area contributed by atoms with Gasteiger partial charge in [0.1, 0.15) is 5.76 Å². The highest BCUT2D eigenvalue weighted by Gasteiger charge is 2.35. The van der Waals surface area contributed by atoms with Crippen molar-refractivity contribution in [1.82, 2.24) is 20.2 Å². The molecule has 0 amide bonds. The number of hydrogen-bond acceptors (Lipinski definition) is 5. The quantitative estimate of drug-likeness (QED) is 0.575. The van der Waals surface area contributed by atoms with Crippen molar-refractivity contribution in [3.05, 3.63) is 66.1 Å². The molecule has 1 aliphatic rings. The van der Waals surface area contributed by atoms with Gasteiger partial charge in [0.2, 0.25) is 0 Å². The van der Waals surface area contributed by atoms with E-state index in [1.54, 1.807) is 12.4 Å². The Morgan fingerprint density at radius 1 is 1.27 bits per heavy atom. The van der Waals surface area contributed by atoms with E-state index in [4.69, 9.17) is 10.2 Å². The molecule has 1 aliphatic carbocycles. The molecule has 3 N–H and O–H groups in total. The number of rotatable bonds is 2. The number of aromatic nitrogens is 4. The summed E-state index contributed by atoms with van der Waals surface area (Å²) in [5, 5.41) is 7.82. The second kappa shape index (κ2) is 5.29. The Morgan fingerprint density at radius 3 is 3.04 bits per heavy atom. The molecule has 6 heteroatoms. The molecule has 4 heterocycles. The van der Waals surface area contributed by atoms with Crippen LogP contribution in [0.3, 0.4) is 0 Å². The van der Waals surface area contributed by atoms with Crippen LogP contribution in [0.4, 0.5) is 5.82 Å². The molecule has 26 heavy (non-hydrogen) atoms. The van der Waals surface area contributed by atoms with Crippen molar-refractivity contribution in [2.75, 3.05) is 5.73 Å². The van der Waals surface area contributed by atoms with Crippen molar-refractivity contribution in [1.29, 1.82) is 0 Å². The predicted molar refractivity (Wildman–Crippen MR) is 100 cm³/mol. The number of pyridine rings is 2. The average molecular weight is 343 g/mol. The minimum absolute atomic E-state index is 0.286. The zero-order valence-corrected chi connectivity index (χ0v) is 14.2. The van der Waals surface area contributed by atoms with E-state index in [-0.39, 0.29) is 5.41 Å². The first-order chi connectivity index (χ1) is 12.7. The van der Waals surface area contributed by atoms with E-state index in [1.165, 1.54) is 5.56 Å². The molecular formula is C20H17N5O. The lowest BCUT2D eigenvalue weighted by Crippen LogP contribution is -2.25. The maximum absolute atomic E-state index is 6.26. The molecule has 128 valence electrons. The monoisotopic (exact) mass is 343 g/mol. The third-order valence-electron chi connectivity index (χ3n) is 5.21. The number of nitrogen functional groups attached to an aromatic ring is 1. The highest BCUT2D eigenvalue weighted by molar-refractivity contribution is 5.98. The van der Waals surface area contributed by atoms with Crippen molar-refractivity contribution >= 4 is 22.9 Å². The van der Waals surface area contributed by atoms with Crippen molar-refractivity contribution in [2.24, 2.45) is 0 Å². The van der Waals surface area contributed by atoms with E-state index < -0.39 is 0 Å². The van der Waals surface area contributed by atoms with Crippen LogP contribution in [0.25, 0.3) is 28.2 Å². The van der Waals surface area contributed by atoms with Crippen molar-refractivity contribution < 1.29 is 4.42 Å². The van der Waals surface area contributed by atoms with Crippen LogP contribution >= 0.6 is 0 Å². The molecule has 1 unspecified atom stereocenters. The minimum Gasteiger partial charge on any atom is -0.456 e. The van der Waals surface area contributed by atoms with E-state index in [9.17, 15) is 0 Å². The van der Waals surface area contributed by atoms with Crippen molar-refractivity contribution in [3.63, 3.8) is 0 Å². The molecular weight excluding hydrogens is 326 g/mol. The third-order valence-corrected chi connectivity index (χ3v) is 5.21. The molecule has 0 aliphatic heterocycles. The van der Waals surface area contributed by atoms with Crippen molar-refractivity contribution in [2.45, 2.75) is 18.8 Å². The summed E-state index contributed by atoms with van der Waals surface area (Å²) in [6.45, 7) is 2.19. The molecule has 5 rings (SSSR count). The van der Waals surface area contributed by atoms with Gasteiger partial charge in [0.15, 0.2) is 11.4 Å². The van der Waals surface area contributed by atoms with Gasteiger partial charge in [0, 0.05) is 41.3 Å². The summed E-state index contributed by atoms with van der Waals surface area (Å²) in [6, 6.07) is 4.14. The van der Waals surface area contributed by atoms with Crippen LogP contribution in [-0.2, 0) is 5.41 Å². The van der Waals surface area contributed by atoms with Gasteiger partial charge in [-0.3, -0.25) is 10.1 Å². The SMILES string of the molecule is CC1(c2cc3c(-c4cn[nH]c4)cnc(N)c3o2)CC=Cc2cnccc21. The highest BCUT2D eigenvalue weighted by Crippen LogP contribution is 2.44. The Bertz CT molecular complexity index is 1140. The zero-order valence-electron chi connectivity index (χ0n) is 14.2. The molecule has 0 radical (unpaired) electrons. The molecule has 1 atom stereocenters.